The summed E-state index contributed by atoms with van der Waals surface area (Å²) in [4.78, 5) is 32.8. The van der Waals surface area contributed by atoms with E-state index in [1.165, 1.54) is 11.8 Å². The van der Waals surface area contributed by atoms with Crippen LogP contribution >= 0.6 is 11.8 Å². The molecular weight excluding hydrogens is 460 g/mol. The van der Waals surface area contributed by atoms with Crippen LogP contribution in [-0.2, 0) is 4.79 Å². The second-order valence-electron chi connectivity index (χ2n) is 8.50. The number of hydrogen-bond acceptors (Lipinski definition) is 6. The molecule has 35 heavy (non-hydrogen) atoms. The highest BCUT2D eigenvalue weighted by Gasteiger charge is 2.34. The number of amidine groups is 1. The van der Waals surface area contributed by atoms with Gasteiger partial charge in [0.25, 0.3) is 5.91 Å². The van der Waals surface area contributed by atoms with E-state index in [0.717, 1.165) is 16.7 Å². The molecule has 2 aliphatic heterocycles. The number of ketones is 1. The van der Waals surface area contributed by atoms with E-state index in [0.29, 0.717) is 33.6 Å². The average Bonchev–Trinajstić information content (AvgIpc) is 3.44. The third-order valence-corrected chi connectivity index (χ3v) is 6.86. The van der Waals surface area contributed by atoms with Gasteiger partial charge in [-0.2, -0.15) is 0 Å². The summed E-state index contributed by atoms with van der Waals surface area (Å²) in [5.74, 6) is 1.05. The lowest BCUT2D eigenvalue weighted by Crippen LogP contribution is -2.32. The molecule has 1 unspecified atom stereocenters. The standard InChI is InChI=1S/C28H24N2O4S/c1-17-4-9-21(10-5-17)26(31)19(3)35-28-29-23(14-20-8-13-24-25(15-20)34-16-33-24)27(32)30(28)22-11-6-18(2)7-12-22/h4-15,19H,16H2,1-3H3/b23-14-. The highest BCUT2D eigenvalue weighted by Crippen LogP contribution is 2.35. The highest BCUT2D eigenvalue weighted by molar-refractivity contribution is 8.15. The van der Waals surface area contributed by atoms with Crippen LogP contribution in [0.2, 0.25) is 0 Å². The fourth-order valence-corrected chi connectivity index (χ4v) is 4.83. The van der Waals surface area contributed by atoms with Crippen molar-refractivity contribution in [3.05, 3.63) is 94.7 Å². The van der Waals surface area contributed by atoms with Gasteiger partial charge in [0.05, 0.1) is 10.9 Å². The molecule has 3 aromatic carbocycles. The monoisotopic (exact) mass is 484 g/mol. The third-order valence-electron chi connectivity index (χ3n) is 5.81. The number of amides is 1. The van der Waals surface area contributed by atoms with Crippen molar-refractivity contribution < 1.29 is 19.1 Å². The first kappa shape index (κ1) is 22.9. The van der Waals surface area contributed by atoms with Gasteiger partial charge in [-0.1, -0.05) is 65.4 Å². The van der Waals surface area contributed by atoms with E-state index in [9.17, 15) is 9.59 Å². The number of hydrogen-bond donors (Lipinski definition) is 0. The van der Waals surface area contributed by atoms with Gasteiger partial charge in [-0.3, -0.25) is 14.5 Å². The quantitative estimate of drug-likeness (QED) is 0.339. The number of Topliss-reactive ketones (excluding diaryl/α,β-unsaturated/α-hetero) is 1. The molecule has 0 aromatic heterocycles. The molecule has 0 saturated carbocycles. The first-order valence-electron chi connectivity index (χ1n) is 11.3. The molecular formula is C28H24N2O4S. The lowest BCUT2D eigenvalue weighted by atomic mass is 10.1. The van der Waals surface area contributed by atoms with Crippen molar-refractivity contribution in [1.82, 2.24) is 0 Å². The van der Waals surface area contributed by atoms with Crippen LogP contribution in [0.4, 0.5) is 5.69 Å². The number of ether oxygens (including phenoxy) is 2. The Morgan fingerprint density at radius 1 is 0.971 bits per heavy atom. The van der Waals surface area contributed by atoms with Crippen molar-refractivity contribution in [2.75, 3.05) is 11.7 Å². The van der Waals surface area contributed by atoms with Crippen LogP contribution < -0.4 is 14.4 Å². The molecule has 1 amide bonds. The number of nitrogens with zero attached hydrogens (tertiary/aromatic N) is 2. The molecule has 7 heteroatoms. The van der Waals surface area contributed by atoms with Crippen molar-refractivity contribution in [2.24, 2.45) is 4.99 Å². The number of thioether (sulfide) groups is 1. The molecule has 0 bridgehead atoms. The molecule has 6 nitrogen and oxygen atoms in total. The zero-order chi connectivity index (χ0) is 24.5. The second kappa shape index (κ2) is 9.43. The van der Waals surface area contributed by atoms with Crippen LogP contribution in [0, 0.1) is 13.8 Å². The van der Waals surface area contributed by atoms with Crippen LogP contribution in [0.15, 0.2) is 77.4 Å². The molecule has 5 rings (SSSR count). The summed E-state index contributed by atoms with van der Waals surface area (Å²) in [6.07, 6.45) is 1.73. The Morgan fingerprint density at radius 3 is 2.34 bits per heavy atom. The number of anilines is 1. The fraction of sp³-hybridized carbons (Fsp3) is 0.179. The molecule has 0 fully saturated rings. The minimum absolute atomic E-state index is 0.0118. The average molecular weight is 485 g/mol. The van der Waals surface area contributed by atoms with Crippen LogP contribution in [0.3, 0.4) is 0 Å². The predicted octanol–water partition coefficient (Wildman–Crippen LogP) is 5.78. The van der Waals surface area contributed by atoms with E-state index < -0.39 is 5.25 Å². The Labute approximate surface area is 208 Å². The van der Waals surface area contributed by atoms with Gasteiger partial charge in [-0.15, -0.1) is 0 Å². The lowest BCUT2D eigenvalue weighted by Gasteiger charge is -2.20. The number of benzene rings is 3. The number of aliphatic imine (C=N–C) groups is 1. The first-order chi connectivity index (χ1) is 16.9. The Hall–Kier alpha value is -3.84. The first-order valence-corrected chi connectivity index (χ1v) is 12.2. The second-order valence-corrected chi connectivity index (χ2v) is 9.81. The molecule has 2 heterocycles. The number of carbonyl (C=O) groups excluding carboxylic acids is 2. The Bertz CT molecular complexity index is 1360. The summed E-state index contributed by atoms with van der Waals surface area (Å²) in [7, 11) is 0. The van der Waals surface area contributed by atoms with E-state index in [1.807, 2.05) is 87.5 Å². The largest absolute Gasteiger partial charge is 0.454 e. The van der Waals surface area contributed by atoms with Crippen LogP contribution in [0.25, 0.3) is 6.08 Å². The Kier molecular flexibility index (Phi) is 6.17. The number of aryl methyl sites for hydroxylation is 2. The molecule has 1 atom stereocenters. The number of carbonyl (C=O) groups is 2. The van der Waals surface area contributed by atoms with Crippen molar-refractivity contribution in [2.45, 2.75) is 26.0 Å². The summed E-state index contributed by atoms with van der Waals surface area (Å²) >= 11 is 1.28. The summed E-state index contributed by atoms with van der Waals surface area (Å²) in [5, 5.41) is 0.0425. The van der Waals surface area contributed by atoms with Gasteiger partial charge in [0.2, 0.25) is 6.79 Å². The van der Waals surface area contributed by atoms with Gasteiger partial charge in [0, 0.05) is 5.56 Å². The molecule has 3 aromatic rings. The van der Waals surface area contributed by atoms with Gasteiger partial charge >= 0.3 is 0 Å². The van der Waals surface area contributed by atoms with Crippen LogP contribution in [-0.4, -0.2) is 28.9 Å². The van der Waals surface area contributed by atoms with E-state index in [1.54, 1.807) is 11.0 Å². The van der Waals surface area contributed by atoms with Crippen molar-refractivity contribution >= 4 is 40.4 Å². The molecule has 176 valence electrons. The Morgan fingerprint density at radius 2 is 1.63 bits per heavy atom. The van der Waals surface area contributed by atoms with E-state index >= 15 is 0 Å². The number of rotatable bonds is 5. The minimum Gasteiger partial charge on any atom is -0.454 e. The van der Waals surface area contributed by atoms with Crippen molar-refractivity contribution in [3.8, 4) is 11.5 Å². The molecule has 2 aliphatic rings. The topological polar surface area (TPSA) is 68.2 Å². The zero-order valence-corrected chi connectivity index (χ0v) is 20.5. The maximum atomic E-state index is 13.5. The molecule has 0 aliphatic carbocycles. The van der Waals surface area contributed by atoms with E-state index in [2.05, 4.69) is 4.99 Å². The minimum atomic E-state index is -0.429. The fourth-order valence-electron chi connectivity index (χ4n) is 3.82. The lowest BCUT2D eigenvalue weighted by molar-refractivity contribution is -0.113. The van der Waals surface area contributed by atoms with Crippen molar-refractivity contribution in [3.63, 3.8) is 0 Å². The van der Waals surface area contributed by atoms with Crippen molar-refractivity contribution in [1.29, 1.82) is 0 Å². The summed E-state index contributed by atoms with van der Waals surface area (Å²) in [5.41, 5.74) is 4.60. The van der Waals surface area contributed by atoms with E-state index in [4.69, 9.17) is 9.47 Å². The highest BCUT2D eigenvalue weighted by atomic mass is 32.2. The summed E-state index contributed by atoms with van der Waals surface area (Å²) < 4.78 is 10.8. The zero-order valence-electron chi connectivity index (χ0n) is 19.6. The number of fused-ring (bicyclic) bond motifs is 1. The van der Waals surface area contributed by atoms with Gasteiger partial charge in [-0.05, 0) is 56.7 Å². The SMILES string of the molecule is Cc1ccc(C(=O)C(C)SC2=N/C(=C\c3ccc4c(c3)OCO4)C(=O)N2c2ccc(C)cc2)cc1. The summed E-state index contributed by atoms with van der Waals surface area (Å²) in [6, 6.07) is 20.7. The molecule has 0 spiro atoms. The third kappa shape index (κ3) is 4.72. The van der Waals surface area contributed by atoms with E-state index in [-0.39, 0.29) is 18.5 Å². The maximum absolute atomic E-state index is 13.5. The molecule has 0 radical (unpaired) electrons. The van der Waals surface area contributed by atoms with Crippen LogP contribution in [0.1, 0.15) is 34.0 Å². The molecule has 0 N–H and O–H groups in total. The molecule has 0 saturated heterocycles. The normalized spacial score (nSPS) is 16.5. The predicted molar refractivity (Wildman–Crippen MR) is 139 cm³/mol. The Balaban J connectivity index is 1.47. The summed E-state index contributed by atoms with van der Waals surface area (Å²) in [6.45, 7) is 6.00. The van der Waals surface area contributed by atoms with Gasteiger partial charge in [-0.25, -0.2) is 4.99 Å². The van der Waals surface area contributed by atoms with Gasteiger partial charge in [0.15, 0.2) is 22.4 Å². The van der Waals surface area contributed by atoms with Crippen LogP contribution in [0.5, 0.6) is 11.5 Å². The van der Waals surface area contributed by atoms with Gasteiger partial charge in [0.1, 0.15) is 5.70 Å². The van der Waals surface area contributed by atoms with Gasteiger partial charge < -0.3 is 9.47 Å². The smallest absolute Gasteiger partial charge is 0.283 e. The maximum Gasteiger partial charge on any atom is 0.283 e.